The van der Waals surface area contributed by atoms with Gasteiger partial charge in [0.15, 0.2) is 5.78 Å². The minimum absolute atomic E-state index is 0.0143. The van der Waals surface area contributed by atoms with E-state index in [-0.39, 0.29) is 11.2 Å². The third-order valence-electron chi connectivity index (χ3n) is 2.87. The second kappa shape index (κ2) is 8.30. The van der Waals surface area contributed by atoms with Gasteiger partial charge in [-0.15, -0.1) is 11.6 Å². The van der Waals surface area contributed by atoms with E-state index < -0.39 is 0 Å². The Morgan fingerprint density at radius 1 is 1.18 bits per heavy atom. The van der Waals surface area contributed by atoms with Gasteiger partial charge >= 0.3 is 0 Å². The minimum atomic E-state index is -0.0143. The van der Waals surface area contributed by atoms with Gasteiger partial charge in [0.05, 0.1) is 0 Å². The van der Waals surface area contributed by atoms with E-state index in [4.69, 9.17) is 11.6 Å². The quantitative estimate of drug-likeness (QED) is 0.368. The van der Waals surface area contributed by atoms with Gasteiger partial charge in [-0.2, -0.15) is 0 Å². The molecule has 0 spiro atoms. The molecule has 1 unspecified atom stereocenters. The van der Waals surface area contributed by atoms with Crippen LogP contribution in [0, 0.1) is 0 Å². The van der Waals surface area contributed by atoms with E-state index in [0.29, 0.717) is 6.42 Å². The van der Waals surface area contributed by atoms with Gasteiger partial charge in [0.1, 0.15) is 0 Å². The summed E-state index contributed by atoms with van der Waals surface area (Å²) in [7, 11) is 0. The van der Waals surface area contributed by atoms with Crippen LogP contribution in [0.3, 0.4) is 0 Å². The Bertz CT molecular complexity index is 321. The van der Waals surface area contributed by atoms with Gasteiger partial charge in [-0.3, -0.25) is 4.79 Å². The Labute approximate surface area is 109 Å². The van der Waals surface area contributed by atoms with Crippen molar-refractivity contribution in [1.82, 2.24) is 0 Å². The maximum atomic E-state index is 11.9. The summed E-state index contributed by atoms with van der Waals surface area (Å²) in [6.07, 6.45) is 6.24. The molecule has 0 amide bonds. The number of halogens is 1. The Balaban J connectivity index is 2.26. The summed E-state index contributed by atoms with van der Waals surface area (Å²) in [5.41, 5.74) is 0.770. The highest BCUT2D eigenvalue weighted by molar-refractivity contribution is 6.22. The van der Waals surface area contributed by atoms with Crippen LogP contribution < -0.4 is 0 Å². The molecule has 1 aromatic rings. The number of Topliss-reactive ketones (excluding diaryl/α,β-unsaturated/α-hetero) is 1. The molecule has 0 aliphatic rings. The van der Waals surface area contributed by atoms with E-state index in [0.717, 1.165) is 18.4 Å². The first-order valence-electron chi connectivity index (χ1n) is 6.46. The van der Waals surface area contributed by atoms with E-state index in [2.05, 4.69) is 6.92 Å². The Morgan fingerprint density at radius 3 is 2.53 bits per heavy atom. The Hall–Kier alpha value is -0.820. The minimum Gasteiger partial charge on any atom is -0.294 e. The predicted molar refractivity (Wildman–Crippen MR) is 73.8 cm³/mol. The van der Waals surface area contributed by atoms with Crippen molar-refractivity contribution in [3.63, 3.8) is 0 Å². The summed E-state index contributed by atoms with van der Waals surface area (Å²) in [5.74, 6) is 0.154. The summed E-state index contributed by atoms with van der Waals surface area (Å²) in [6.45, 7) is 2.19. The van der Waals surface area contributed by atoms with Crippen LogP contribution in [-0.2, 0) is 0 Å². The zero-order valence-electron chi connectivity index (χ0n) is 10.5. The van der Waals surface area contributed by atoms with Crippen molar-refractivity contribution in [2.45, 2.75) is 50.8 Å². The SMILES string of the molecule is CCCCCCC(Cl)CC(=O)c1ccccc1. The van der Waals surface area contributed by atoms with Crippen LogP contribution in [0.25, 0.3) is 0 Å². The molecule has 0 fully saturated rings. The third kappa shape index (κ3) is 5.88. The van der Waals surface area contributed by atoms with Crippen molar-refractivity contribution < 1.29 is 4.79 Å². The number of alkyl halides is 1. The van der Waals surface area contributed by atoms with Crippen molar-refractivity contribution in [2.24, 2.45) is 0 Å². The molecule has 0 aliphatic heterocycles. The van der Waals surface area contributed by atoms with E-state index in [1.54, 1.807) is 0 Å². The van der Waals surface area contributed by atoms with Crippen molar-refractivity contribution in [2.75, 3.05) is 0 Å². The number of unbranched alkanes of at least 4 members (excludes halogenated alkanes) is 3. The second-order valence-corrected chi connectivity index (χ2v) is 5.06. The summed E-state index contributed by atoms with van der Waals surface area (Å²) in [6, 6.07) is 9.39. The van der Waals surface area contributed by atoms with Crippen LogP contribution in [0.4, 0.5) is 0 Å². The predicted octanol–water partition coefficient (Wildman–Crippen LogP) is 4.84. The first kappa shape index (κ1) is 14.2. The molecule has 1 nitrogen and oxygen atoms in total. The average molecular weight is 253 g/mol. The average Bonchev–Trinajstić information content (AvgIpc) is 2.36. The molecule has 1 rings (SSSR count). The number of benzene rings is 1. The molecule has 0 heterocycles. The zero-order chi connectivity index (χ0) is 12.5. The van der Waals surface area contributed by atoms with Gasteiger partial charge in [0.2, 0.25) is 0 Å². The molecule has 0 bridgehead atoms. The second-order valence-electron chi connectivity index (χ2n) is 4.44. The Morgan fingerprint density at radius 2 is 1.88 bits per heavy atom. The molecule has 0 aromatic heterocycles. The molecule has 1 aromatic carbocycles. The fourth-order valence-electron chi connectivity index (χ4n) is 1.84. The normalized spacial score (nSPS) is 12.4. The topological polar surface area (TPSA) is 17.1 Å². The van der Waals surface area contributed by atoms with Gasteiger partial charge < -0.3 is 0 Å². The molecule has 2 heteroatoms. The highest BCUT2D eigenvalue weighted by Crippen LogP contribution is 2.16. The lowest BCUT2D eigenvalue weighted by molar-refractivity contribution is 0.0980. The molecular formula is C15H21ClO. The summed E-state index contributed by atoms with van der Waals surface area (Å²) in [5, 5.41) is -0.0143. The molecule has 0 saturated heterocycles. The smallest absolute Gasteiger partial charge is 0.164 e. The lowest BCUT2D eigenvalue weighted by atomic mass is 10.0. The zero-order valence-corrected chi connectivity index (χ0v) is 11.2. The number of carbonyl (C=O) groups is 1. The Kier molecular flexibility index (Phi) is 6.95. The van der Waals surface area contributed by atoms with Crippen molar-refractivity contribution >= 4 is 17.4 Å². The van der Waals surface area contributed by atoms with Gasteiger partial charge in [-0.25, -0.2) is 0 Å². The van der Waals surface area contributed by atoms with E-state index in [1.807, 2.05) is 30.3 Å². The molecular weight excluding hydrogens is 232 g/mol. The molecule has 94 valence electrons. The van der Waals surface area contributed by atoms with E-state index in [9.17, 15) is 4.79 Å². The fraction of sp³-hybridized carbons (Fsp3) is 0.533. The number of hydrogen-bond donors (Lipinski definition) is 0. The van der Waals surface area contributed by atoms with E-state index in [1.165, 1.54) is 19.3 Å². The van der Waals surface area contributed by atoms with Crippen LogP contribution in [0.15, 0.2) is 30.3 Å². The molecule has 1 atom stereocenters. The van der Waals surface area contributed by atoms with E-state index >= 15 is 0 Å². The first-order valence-corrected chi connectivity index (χ1v) is 6.90. The van der Waals surface area contributed by atoms with Crippen LogP contribution in [0.2, 0.25) is 0 Å². The van der Waals surface area contributed by atoms with Crippen LogP contribution in [-0.4, -0.2) is 11.2 Å². The molecule has 0 radical (unpaired) electrons. The molecule has 0 aliphatic carbocycles. The van der Waals surface area contributed by atoms with Crippen LogP contribution in [0.5, 0.6) is 0 Å². The van der Waals surface area contributed by atoms with Crippen LogP contribution in [0.1, 0.15) is 55.8 Å². The van der Waals surface area contributed by atoms with Crippen LogP contribution >= 0.6 is 11.6 Å². The maximum Gasteiger partial charge on any atom is 0.164 e. The number of ketones is 1. The number of rotatable bonds is 8. The summed E-state index contributed by atoms with van der Waals surface area (Å²) in [4.78, 5) is 11.9. The number of hydrogen-bond acceptors (Lipinski definition) is 1. The van der Waals surface area contributed by atoms with Gasteiger partial charge in [0, 0.05) is 17.4 Å². The van der Waals surface area contributed by atoms with Crippen molar-refractivity contribution in [3.05, 3.63) is 35.9 Å². The largest absolute Gasteiger partial charge is 0.294 e. The van der Waals surface area contributed by atoms with Gasteiger partial charge in [-0.05, 0) is 6.42 Å². The van der Waals surface area contributed by atoms with Crippen molar-refractivity contribution in [1.29, 1.82) is 0 Å². The lowest BCUT2D eigenvalue weighted by Gasteiger charge is -2.08. The maximum absolute atomic E-state index is 11.9. The van der Waals surface area contributed by atoms with Gasteiger partial charge in [-0.1, -0.05) is 62.9 Å². The third-order valence-corrected chi connectivity index (χ3v) is 3.25. The lowest BCUT2D eigenvalue weighted by Crippen LogP contribution is -2.08. The summed E-state index contributed by atoms with van der Waals surface area (Å²) >= 11 is 6.18. The highest BCUT2D eigenvalue weighted by atomic mass is 35.5. The number of carbonyl (C=O) groups excluding carboxylic acids is 1. The highest BCUT2D eigenvalue weighted by Gasteiger charge is 2.12. The molecule has 0 saturated carbocycles. The standard InChI is InChI=1S/C15H21ClO/c1-2-3-4-8-11-14(16)12-15(17)13-9-6-5-7-10-13/h5-7,9-10,14H,2-4,8,11-12H2,1H3. The fourth-order valence-corrected chi connectivity index (χ4v) is 2.13. The summed E-state index contributed by atoms with van der Waals surface area (Å²) < 4.78 is 0. The van der Waals surface area contributed by atoms with Gasteiger partial charge in [0.25, 0.3) is 0 Å². The molecule has 0 N–H and O–H groups in total. The molecule has 17 heavy (non-hydrogen) atoms. The monoisotopic (exact) mass is 252 g/mol. The first-order chi connectivity index (χ1) is 8.24. The van der Waals surface area contributed by atoms with Crippen molar-refractivity contribution in [3.8, 4) is 0 Å².